The lowest BCUT2D eigenvalue weighted by Gasteiger charge is -2.14. The van der Waals surface area contributed by atoms with Gasteiger partial charge in [-0.3, -0.25) is 4.99 Å². The summed E-state index contributed by atoms with van der Waals surface area (Å²) in [7, 11) is 3.40. The summed E-state index contributed by atoms with van der Waals surface area (Å²) >= 11 is 0. The summed E-state index contributed by atoms with van der Waals surface area (Å²) in [5, 5.41) is 7.05. The summed E-state index contributed by atoms with van der Waals surface area (Å²) in [6, 6.07) is 17.4. The Kier molecular flexibility index (Phi) is 6.72. The number of carbonyl (C=O) groups excluding carboxylic acids is 1. The van der Waals surface area contributed by atoms with Crippen LogP contribution < -0.4 is 15.4 Å². The highest BCUT2D eigenvalue weighted by molar-refractivity contribution is 5.96. The van der Waals surface area contributed by atoms with Crippen LogP contribution in [0.5, 0.6) is 11.5 Å². The molecule has 2 N–H and O–H groups in total. The molecule has 1 aliphatic heterocycles. The van der Waals surface area contributed by atoms with Gasteiger partial charge < -0.3 is 20.3 Å². The van der Waals surface area contributed by atoms with Gasteiger partial charge in [0.1, 0.15) is 23.6 Å². The van der Waals surface area contributed by atoms with E-state index in [9.17, 15) is 4.79 Å². The van der Waals surface area contributed by atoms with Gasteiger partial charge in [-0.2, -0.15) is 0 Å². The van der Waals surface area contributed by atoms with Crippen molar-refractivity contribution in [2.24, 2.45) is 4.99 Å². The van der Waals surface area contributed by atoms with E-state index in [4.69, 9.17) is 4.74 Å². The highest BCUT2D eigenvalue weighted by Crippen LogP contribution is 2.39. The van der Waals surface area contributed by atoms with Gasteiger partial charge in [-0.1, -0.05) is 19.4 Å². The molecule has 1 unspecified atom stereocenters. The summed E-state index contributed by atoms with van der Waals surface area (Å²) < 4.78 is 6.21. The Labute approximate surface area is 216 Å². The molecule has 0 spiro atoms. The van der Waals surface area contributed by atoms with Gasteiger partial charge in [-0.05, 0) is 66.9 Å². The van der Waals surface area contributed by atoms with Crippen molar-refractivity contribution in [1.82, 2.24) is 14.9 Å². The number of aliphatic imine (C=N–C) groups is 1. The van der Waals surface area contributed by atoms with E-state index in [-0.39, 0.29) is 6.03 Å². The summed E-state index contributed by atoms with van der Waals surface area (Å²) in [4.78, 5) is 26.9. The molecule has 5 rings (SSSR count). The molecule has 4 aromatic rings. The molecule has 8 nitrogen and oxygen atoms in total. The molecule has 0 bridgehead atoms. The topological polar surface area (TPSA) is 91.7 Å². The number of ether oxygens (including phenoxy) is 1. The zero-order valence-electron chi connectivity index (χ0n) is 21.4. The van der Waals surface area contributed by atoms with Crippen LogP contribution in [0.3, 0.4) is 0 Å². The van der Waals surface area contributed by atoms with Crippen molar-refractivity contribution in [2.75, 3.05) is 24.7 Å². The van der Waals surface area contributed by atoms with Gasteiger partial charge in [-0.15, -0.1) is 0 Å². The number of fused-ring (bicyclic) bond motifs is 2. The molecule has 188 valence electrons. The molecule has 37 heavy (non-hydrogen) atoms. The number of amides is 2. The quantitative estimate of drug-likeness (QED) is 0.284. The fraction of sp³-hybridized carbons (Fsp3) is 0.241. The average molecular weight is 495 g/mol. The molecular formula is C29H30N6O2. The fourth-order valence-electron chi connectivity index (χ4n) is 4.38. The summed E-state index contributed by atoms with van der Waals surface area (Å²) in [6.45, 7) is 4.21. The van der Waals surface area contributed by atoms with E-state index in [0.717, 1.165) is 52.2 Å². The van der Waals surface area contributed by atoms with Crippen molar-refractivity contribution in [1.29, 1.82) is 0 Å². The zero-order valence-corrected chi connectivity index (χ0v) is 21.4. The van der Waals surface area contributed by atoms with Crippen LogP contribution in [0.25, 0.3) is 10.9 Å². The second-order valence-corrected chi connectivity index (χ2v) is 9.38. The highest BCUT2D eigenvalue weighted by atomic mass is 16.5. The maximum atomic E-state index is 12.1. The summed E-state index contributed by atoms with van der Waals surface area (Å²) in [6.07, 6.45) is 5.80. The highest BCUT2D eigenvalue weighted by Gasteiger charge is 2.19. The number of aryl methyl sites for hydroxylation is 1. The number of nitrogens with zero attached hydrogens (tertiary/aromatic N) is 4. The normalized spacial score (nSPS) is 13.9. The van der Waals surface area contributed by atoms with E-state index in [2.05, 4.69) is 38.6 Å². The first-order valence-electron chi connectivity index (χ1n) is 12.4. The van der Waals surface area contributed by atoms with E-state index in [1.165, 1.54) is 16.8 Å². The lowest BCUT2D eigenvalue weighted by molar-refractivity contribution is 0.230. The number of benzene rings is 3. The van der Waals surface area contributed by atoms with Gasteiger partial charge >= 0.3 is 6.03 Å². The van der Waals surface area contributed by atoms with Gasteiger partial charge in [0.05, 0.1) is 11.2 Å². The SMILES string of the molecule is CCCC1C=Nc2cc(Oc3ccc(Nc4ncnc5ccc(NC(=O)N(C)C)cc45)cc3C)ccc21. The minimum absolute atomic E-state index is 0.201. The summed E-state index contributed by atoms with van der Waals surface area (Å²) in [5.41, 5.74) is 5.56. The van der Waals surface area contributed by atoms with Crippen molar-refractivity contribution >= 4 is 46.0 Å². The van der Waals surface area contributed by atoms with E-state index in [1.807, 2.05) is 61.7 Å². The molecule has 0 saturated carbocycles. The Balaban J connectivity index is 1.34. The predicted molar refractivity (Wildman–Crippen MR) is 149 cm³/mol. The van der Waals surface area contributed by atoms with E-state index in [1.54, 1.807) is 14.1 Å². The third-order valence-corrected chi connectivity index (χ3v) is 6.35. The molecule has 0 aliphatic carbocycles. The molecule has 0 fully saturated rings. The number of hydrogen-bond acceptors (Lipinski definition) is 6. The van der Waals surface area contributed by atoms with Gasteiger partial charge in [0.15, 0.2) is 0 Å². The van der Waals surface area contributed by atoms with Crippen molar-refractivity contribution in [3.8, 4) is 11.5 Å². The number of anilines is 3. The maximum Gasteiger partial charge on any atom is 0.321 e. The van der Waals surface area contributed by atoms with Crippen molar-refractivity contribution < 1.29 is 9.53 Å². The first kappa shape index (κ1) is 24.2. The van der Waals surface area contributed by atoms with Crippen LogP contribution in [-0.2, 0) is 0 Å². The second-order valence-electron chi connectivity index (χ2n) is 9.38. The largest absolute Gasteiger partial charge is 0.457 e. The lowest BCUT2D eigenvalue weighted by Crippen LogP contribution is -2.27. The molecular weight excluding hydrogens is 464 g/mol. The molecule has 0 saturated heterocycles. The molecule has 0 radical (unpaired) electrons. The number of nitrogens with one attached hydrogen (secondary N) is 2. The van der Waals surface area contributed by atoms with Crippen molar-refractivity contribution in [2.45, 2.75) is 32.6 Å². The Hall–Kier alpha value is -4.46. The van der Waals surface area contributed by atoms with Crippen LogP contribution in [0, 0.1) is 6.92 Å². The van der Waals surface area contributed by atoms with Gasteiger partial charge in [0, 0.05) is 49.1 Å². The number of urea groups is 1. The van der Waals surface area contributed by atoms with E-state index >= 15 is 0 Å². The fourth-order valence-corrected chi connectivity index (χ4v) is 4.38. The van der Waals surface area contributed by atoms with Crippen LogP contribution >= 0.6 is 0 Å². The van der Waals surface area contributed by atoms with Gasteiger partial charge in [0.25, 0.3) is 0 Å². The Morgan fingerprint density at radius 2 is 1.86 bits per heavy atom. The lowest BCUT2D eigenvalue weighted by atomic mass is 9.96. The Morgan fingerprint density at radius 3 is 2.65 bits per heavy atom. The minimum Gasteiger partial charge on any atom is -0.457 e. The first-order valence-corrected chi connectivity index (χ1v) is 12.4. The molecule has 1 atom stereocenters. The van der Waals surface area contributed by atoms with Crippen LogP contribution in [0.4, 0.5) is 27.7 Å². The molecule has 8 heteroatoms. The first-order chi connectivity index (χ1) is 17.9. The molecule has 3 aromatic carbocycles. The van der Waals surface area contributed by atoms with Gasteiger partial charge in [-0.25, -0.2) is 14.8 Å². The third kappa shape index (κ3) is 5.23. The number of carbonyl (C=O) groups is 1. The van der Waals surface area contributed by atoms with Crippen LogP contribution in [-0.4, -0.2) is 41.2 Å². The van der Waals surface area contributed by atoms with Crippen LogP contribution in [0.2, 0.25) is 0 Å². The van der Waals surface area contributed by atoms with Crippen LogP contribution in [0.15, 0.2) is 65.9 Å². The Morgan fingerprint density at radius 1 is 1.03 bits per heavy atom. The summed E-state index contributed by atoms with van der Waals surface area (Å²) in [5.74, 6) is 2.60. The van der Waals surface area contributed by atoms with E-state index in [0.29, 0.717) is 17.4 Å². The van der Waals surface area contributed by atoms with Gasteiger partial charge in [0.2, 0.25) is 0 Å². The molecule has 1 aliphatic rings. The monoisotopic (exact) mass is 494 g/mol. The number of hydrogen-bond donors (Lipinski definition) is 2. The second kappa shape index (κ2) is 10.3. The number of aromatic nitrogens is 2. The standard InChI is InChI=1S/C29H30N6O2/c1-5-6-19-16-30-26-15-22(9-10-23(19)26)37-27-12-8-20(13-18(27)2)33-28-24-14-21(34-29(36)35(3)4)7-11-25(24)31-17-32-28/h7-17,19H,5-6H2,1-4H3,(H,34,36)(H,31,32,33). The van der Waals surface area contributed by atoms with E-state index < -0.39 is 0 Å². The zero-order chi connectivity index (χ0) is 25.9. The predicted octanol–water partition coefficient (Wildman–Crippen LogP) is 7.17. The smallest absolute Gasteiger partial charge is 0.321 e. The number of rotatable bonds is 7. The Bertz CT molecular complexity index is 1500. The van der Waals surface area contributed by atoms with Crippen molar-refractivity contribution in [3.05, 3.63) is 72.1 Å². The molecule has 2 amide bonds. The third-order valence-electron chi connectivity index (χ3n) is 6.35. The van der Waals surface area contributed by atoms with Crippen molar-refractivity contribution in [3.63, 3.8) is 0 Å². The average Bonchev–Trinajstić information content (AvgIpc) is 3.28. The molecule has 1 aromatic heterocycles. The maximum absolute atomic E-state index is 12.1. The van der Waals surface area contributed by atoms with Crippen LogP contribution in [0.1, 0.15) is 36.8 Å². The molecule has 2 heterocycles. The minimum atomic E-state index is -0.201.